The van der Waals surface area contributed by atoms with E-state index in [1.54, 1.807) is 0 Å². The van der Waals surface area contributed by atoms with Gasteiger partial charge in [-0.15, -0.1) is 0 Å². The molecule has 0 heterocycles. The largest absolute Gasteiger partial charge is 0.463 e. The molecule has 0 saturated carbocycles. The predicted molar refractivity (Wildman–Crippen MR) is 74.3 cm³/mol. The summed E-state index contributed by atoms with van der Waals surface area (Å²) < 4.78 is 5.25. The van der Waals surface area contributed by atoms with E-state index < -0.39 is 11.5 Å². The molecule has 108 valence electrons. The smallest absolute Gasteiger partial charge is 0.311 e. The summed E-state index contributed by atoms with van der Waals surface area (Å²) in [7, 11) is 0. The first kappa shape index (κ1) is 17.4. The SMILES string of the molecule is CCC(O)COC(=O)C(C)(CC)CC(C)(C)CC. The Kier molecular flexibility index (Phi) is 6.90. The second kappa shape index (κ2) is 7.13. The molecule has 1 N–H and O–H groups in total. The quantitative estimate of drug-likeness (QED) is 0.677. The number of hydrogen-bond donors (Lipinski definition) is 1. The van der Waals surface area contributed by atoms with E-state index in [0.717, 1.165) is 19.3 Å². The summed E-state index contributed by atoms with van der Waals surface area (Å²) >= 11 is 0. The Labute approximate surface area is 112 Å². The normalized spacial score (nSPS) is 17.1. The summed E-state index contributed by atoms with van der Waals surface area (Å²) in [4.78, 5) is 12.2. The zero-order valence-electron chi connectivity index (χ0n) is 12.9. The fourth-order valence-electron chi connectivity index (χ4n) is 1.99. The molecule has 3 heteroatoms. The van der Waals surface area contributed by atoms with Crippen LogP contribution < -0.4 is 0 Å². The molecule has 2 atom stereocenters. The van der Waals surface area contributed by atoms with Gasteiger partial charge in [0.1, 0.15) is 6.61 Å². The van der Waals surface area contributed by atoms with Gasteiger partial charge in [0.15, 0.2) is 0 Å². The van der Waals surface area contributed by atoms with Crippen LogP contribution in [0.5, 0.6) is 0 Å². The van der Waals surface area contributed by atoms with Crippen LogP contribution in [0.15, 0.2) is 0 Å². The van der Waals surface area contributed by atoms with Gasteiger partial charge in [-0.3, -0.25) is 4.79 Å². The van der Waals surface area contributed by atoms with E-state index in [0.29, 0.717) is 6.42 Å². The number of aliphatic hydroxyl groups excluding tert-OH is 1. The van der Waals surface area contributed by atoms with Gasteiger partial charge in [0.2, 0.25) is 0 Å². The first-order chi connectivity index (χ1) is 8.20. The van der Waals surface area contributed by atoms with Gasteiger partial charge >= 0.3 is 5.97 Å². The Balaban J connectivity index is 4.58. The molecule has 0 rings (SSSR count). The standard InChI is InChI=1S/C15H30O3/c1-7-12(16)10-18-13(17)15(6,9-3)11-14(4,5)8-2/h12,16H,7-11H2,1-6H3. The number of aliphatic hydroxyl groups is 1. The van der Waals surface area contributed by atoms with Gasteiger partial charge in [-0.05, 0) is 31.6 Å². The van der Waals surface area contributed by atoms with Gasteiger partial charge in [-0.1, -0.05) is 41.0 Å². The Morgan fingerprint density at radius 2 is 1.72 bits per heavy atom. The number of esters is 1. The molecule has 0 amide bonds. The van der Waals surface area contributed by atoms with E-state index in [-0.39, 0.29) is 18.0 Å². The minimum atomic E-state index is -0.547. The van der Waals surface area contributed by atoms with Crippen molar-refractivity contribution in [1.82, 2.24) is 0 Å². The first-order valence-electron chi connectivity index (χ1n) is 7.06. The molecule has 0 bridgehead atoms. The minimum absolute atomic E-state index is 0.109. The number of carbonyl (C=O) groups is 1. The van der Waals surface area contributed by atoms with Crippen molar-refractivity contribution in [2.24, 2.45) is 10.8 Å². The van der Waals surface area contributed by atoms with Crippen molar-refractivity contribution in [3.63, 3.8) is 0 Å². The third-order valence-corrected chi connectivity index (χ3v) is 3.98. The van der Waals surface area contributed by atoms with E-state index in [2.05, 4.69) is 20.8 Å². The third-order valence-electron chi connectivity index (χ3n) is 3.98. The van der Waals surface area contributed by atoms with Crippen LogP contribution >= 0.6 is 0 Å². The van der Waals surface area contributed by atoms with Gasteiger partial charge in [-0.2, -0.15) is 0 Å². The molecule has 0 aromatic rings. The third kappa shape index (κ3) is 5.38. The van der Waals surface area contributed by atoms with E-state index in [1.807, 2.05) is 20.8 Å². The van der Waals surface area contributed by atoms with Crippen LogP contribution in [0.2, 0.25) is 0 Å². The minimum Gasteiger partial charge on any atom is -0.463 e. The molecule has 0 radical (unpaired) electrons. The average molecular weight is 258 g/mol. The van der Waals surface area contributed by atoms with Crippen molar-refractivity contribution in [2.75, 3.05) is 6.61 Å². The summed E-state index contributed by atoms with van der Waals surface area (Å²) in [6, 6.07) is 0. The Bertz CT molecular complexity index is 260. The second-order valence-corrected chi connectivity index (χ2v) is 6.27. The van der Waals surface area contributed by atoms with Gasteiger partial charge in [-0.25, -0.2) is 0 Å². The highest BCUT2D eigenvalue weighted by Gasteiger charge is 2.38. The zero-order chi connectivity index (χ0) is 14.4. The molecule has 0 fully saturated rings. The van der Waals surface area contributed by atoms with Crippen LogP contribution in [0.1, 0.15) is 67.2 Å². The first-order valence-corrected chi connectivity index (χ1v) is 7.06. The van der Waals surface area contributed by atoms with Gasteiger partial charge < -0.3 is 9.84 Å². The second-order valence-electron chi connectivity index (χ2n) is 6.27. The number of carbonyl (C=O) groups excluding carboxylic acids is 1. The summed E-state index contributed by atoms with van der Waals surface area (Å²) in [6.07, 6.45) is 2.67. The summed E-state index contributed by atoms with van der Waals surface area (Å²) in [5, 5.41) is 9.45. The molecule has 0 aliphatic heterocycles. The molecule has 0 spiro atoms. The lowest BCUT2D eigenvalue weighted by Crippen LogP contribution is -2.35. The lowest BCUT2D eigenvalue weighted by Gasteiger charge is -2.34. The molecule has 0 aliphatic carbocycles. The van der Waals surface area contributed by atoms with Crippen LogP contribution in [0.4, 0.5) is 0 Å². The molecule has 3 nitrogen and oxygen atoms in total. The Morgan fingerprint density at radius 1 is 1.17 bits per heavy atom. The van der Waals surface area contributed by atoms with Crippen LogP contribution in [-0.4, -0.2) is 23.8 Å². The van der Waals surface area contributed by atoms with Crippen molar-refractivity contribution in [3.8, 4) is 0 Å². The predicted octanol–water partition coefficient (Wildman–Crippen LogP) is 3.54. The molecule has 0 saturated heterocycles. The van der Waals surface area contributed by atoms with E-state index in [4.69, 9.17) is 4.74 Å². The highest BCUT2D eigenvalue weighted by atomic mass is 16.5. The van der Waals surface area contributed by atoms with Crippen molar-refractivity contribution >= 4 is 5.97 Å². The topological polar surface area (TPSA) is 46.5 Å². The summed E-state index contributed by atoms with van der Waals surface area (Å²) in [5.74, 6) is -0.181. The van der Waals surface area contributed by atoms with E-state index >= 15 is 0 Å². The highest BCUT2D eigenvalue weighted by molar-refractivity contribution is 5.76. The number of hydrogen-bond acceptors (Lipinski definition) is 3. The van der Waals surface area contributed by atoms with Gasteiger partial charge in [0.25, 0.3) is 0 Å². The molecular formula is C15H30O3. The number of ether oxygens (including phenoxy) is 1. The molecular weight excluding hydrogens is 228 g/mol. The van der Waals surface area contributed by atoms with Crippen LogP contribution in [0, 0.1) is 10.8 Å². The number of rotatable bonds is 8. The van der Waals surface area contributed by atoms with Crippen molar-refractivity contribution in [1.29, 1.82) is 0 Å². The summed E-state index contributed by atoms with van der Waals surface area (Å²) in [6.45, 7) is 12.5. The van der Waals surface area contributed by atoms with Crippen molar-refractivity contribution in [2.45, 2.75) is 73.3 Å². The molecule has 0 aromatic carbocycles. The van der Waals surface area contributed by atoms with Gasteiger partial charge in [0.05, 0.1) is 11.5 Å². The average Bonchev–Trinajstić information content (AvgIpc) is 2.34. The van der Waals surface area contributed by atoms with Crippen molar-refractivity contribution in [3.05, 3.63) is 0 Å². The molecule has 0 aliphatic rings. The van der Waals surface area contributed by atoms with Crippen LogP contribution in [0.25, 0.3) is 0 Å². The Morgan fingerprint density at radius 3 is 2.11 bits per heavy atom. The molecule has 2 unspecified atom stereocenters. The summed E-state index contributed by atoms with van der Waals surface area (Å²) in [5.41, 5.74) is -0.319. The maximum atomic E-state index is 12.2. The zero-order valence-corrected chi connectivity index (χ0v) is 12.9. The van der Waals surface area contributed by atoms with E-state index in [1.165, 1.54) is 0 Å². The van der Waals surface area contributed by atoms with Crippen LogP contribution in [0.3, 0.4) is 0 Å². The monoisotopic (exact) mass is 258 g/mol. The van der Waals surface area contributed by atoms with Crippen molar-refractivity contribution < 1.29 is 14.6 Å². The molecule has 0 aromatic heterocycles. The lowest BCUT2D eigenvalue weighted by atomic mass is 9.71. The fraction of sp³-hybridized carbons (Fsp3) is 0.933. The highest BCUT2D eigenvalue weighted by Crippen LogP contribution is 2.39. The van der Waals surface area contributed by atoms with Gasteiger partial charge in [0, 0.05) is 0 Å². The van der Waals surface area contributed by atoms with Crippen LogP contribution in [-0.2, 0) is 9.53 Å². The fourth-order valence-corrected chi connectivity index (χ4v) is 1.99. The molecule has 18 heavy (non-hydrogen) atoms. The lowest BCUT2D eigenvalue weighted by molar-refractivity contribution is -0.160. The Hall–Kier alpha value is -0.570. The maximum absolute atomic E-state index is 12.2. The van der Waals surface area contributed by atoms with E-state index in [9.17, 15) is 9.90 Å². The maximum Gasteiger partial charge on any atom is 0.311 e.